The second-order valence-corrected chi connectivity index (χ2v) is 45.8. The molecule has 0 bridgehead atoms. The summed E-state index contributed by atoms with van der Waals surface area (Å²) in [6.07, 6.45) is 7.21. The molecule has 0 aliphatic heterocycles. The molecule has 2 aromatic rings. The van der Waals surface area contributed by atoms with Crippen molar-refractivity contribution in [2.45, 2.75) is 54.9 Å². The van der Waals surface area contributed by atoms with E-state index in [2.05, 4.69) is 131 Å². The van der Waals surface area contributed by atoms with Gasteiger partial charge in [-0.3, -0.25) is 19.6 Å². The molecule has 0 aromatic carbocycles. The van der Waals surface area contributed by atoms with Gasteiger partial charge in [-0.25, -0.2) is 0 Å². The van der Waals surface area contributed by atoms with Crippen LogP contribution in [-0.4, -0.2) is 25.4 Å². The average Bonchev–Trinajstić information content (AvgIpc) is 2.76. The molecule has 2 aromatic heterocycles. The SMILES string of the molecule is CC.CC(C)C(=O)Cc1cncc(Br)c1.CC(C)C(=O)Cl.CCI.Nc1cncc(Br)c1.[CH3-].[I][V]([I])[I]. The summed E-state index contributed by atoms with van der Waals surface area (Å²) in [5.74, 6) is 0.325. The number of Topliss-reactive ketones (excluding diaryl/α,β-unsaturated/α-hetero) is 1. The van der Waals surface area contributed by atoms with Gasteiger partial charge in [-0.2, -0.15) is 0 Å². The van der Waals surface area contributed by atoms with Crippen molar-refractivity contribution in [1.29, 1.82) is 0 Å². The summed E-state index contributed by atoms with van der Waals surface area (Å²) in [4.78, 5) is 28.8. The molecular formula is C24H38Br2ClI4N3O2V-. The van der Waals surface area contributed by atoms with Crippen molar-refractivity contribution in [3.05, 3.63) is 58.9 Å². The van der Waals surface area contributed by atoms with Crippen LogP contribution in [0.2, 0.25) is 0 Å². The number of nitrogen functional groups attached to an aromatic ring is 1. The number of rotatable bonds is 4. The quantitative estimate of drug-likeness (QED) is 0.143. The number of nitrogens with zero attached hydrogens (tertiary/aromatic N) is 2. The number of aromatic nitrogens is 2. The monoisotopic (exact) mass is 1150 g/mol. The second-order valence-electron chi connectivity index (χ2n) is 6.66. The fraction of sp³-hybridized carbons (Fsp3) is 0.458. The number of hydrogen-bond acceptors (Lipinski definition) is 5. The van der Waals surface area contributed by atoms with Crippen molar-refractivity contribution in [3.63, 3.8) is 0 Å². The molecule has 37 heavy (non-hydrogen) atoms. The third-order valence-corrected chi connectivity index (χ3v) is 4.27. The summed E-state index contributed by atoms with van der Waals surface area (Å²) >= 11 is 21.2. The molecule has 0 amide bonds. The summed E-state index contributed by atoms with van der Waals surface area (Å²) in [7, 11) is 0. The third kappa shape index (κ3) is 42.8. The van der Waals surface area contributed by atoms with Gasteiger partial charge in [0.15, 0.2) is 0 Å². The van der Waals surface area contributed by atoms with Gasteiger partial charge >= 0.3 is 64.9 Å². The second kappa shape index (κ2) is 34.4. The molecule has 0 aliphatic rings. The maximum absolute atomic E-state index is 11.4. The van der Waals surface area contributed by atoms with Crippen molar-refractivity contribution < 1.29 is 14.5 Å². The minimum absolute atomic E-state index is 0. The molecule has 2 heterocycles. The third-order valence-electron chi connectivity index (χ3n) is 2.96. The fourth-order valence-corrected chi connectivity index (χ4v) is 2.18. The van der Waals surface area contributed by atoms with Gasteiger partial charge in [-0.05, 0) is 65.6 Å². The zero-order valence-electron chi connectivity index (χ0n) is 22.4. The van der Waals surface area contributed by atoms with E-state index < -0.39 is 0 Å². The number of carbonyl (C=O) groups is 2. The van der Waals surface area contributed by atoms with Crippen LogP contribution in [0.25, 0.3) is 0 Å². The number of alkyl halides is 1. The molecule has 0 saturated heterocycles. The Morgan fingerprint density at radius 3 is 1.54 bits per heavy atom. The van der Waals surface area contributed by atoms with Crippen LogP contribution in [0, 0.1) is 19.3 Å². The van der Waals surface area contributed by atoms with E-state index in [1.807, 2.05) is 33.8 Å². The van der Waals surface area contributed by atoms with E-state index in [1.54, 1.807) is 44.7 Å². The Morgan fingerprint density at radius 2 is 1.30 bits per heavy atom. The number of halogens is 7. The van der Waals surface area contributed by atoms with Gasteiger partial charge in [0.2, 0.25) is 5.24 Å². The topological polar surface area (TPSA) is 85.9 Å². The van der Waals surface area contributed by atoms with Crippen molar-refractivity contribution in [1.82, 2.24) is 9.97 Å². The first-order chi connectivity index (χ1) is 16.7. The van der Waals surface area contributed by atoms with Crippen LogP contribution in [0.4, 0.5) is 5.69 Å². The summed E-state index contributed by atoms with van der Waals surface area (Å²) in [5.41, 5.74) is 7.01. The van der Waals surface area contributed by atoms with Gasteiger partial charge in [-0.15, -0.1) is 0 Å². The van der Waals surface area contributed by atoms with Crippen LogP contribution in [0.3, 0.4) is 0 Å². The van der Waals surface area contributed by atoms with E-state index in [9.17, 15) is 9.59 Å². The van der Waals surface area contributed by atoms with Gasteiger partial charge < -0.3 is 13.2 Å². The summed E-state index contributed by atoms with van der Waals surface area (Å²) in [6.45, 7) is 13.5. The molecular weight excluding hydrogens is 1120 g/mol. The summed E-state index contributed by atoms with van der Waals surface area (Å²) in [5, 5.41) is -0.269. The van der Waals surface area contributed by atoms with Gasteiger partial charge in [0.1, 0.15) is 5.78 Å². The Hall–Kier alpha value is 2.19. The van der Waals surface area contributed by atoms with Crippen LogP contribution in [-0.2, 0) is 20.9 Å². The summed E-state index contributed by atoms with van der Waals surface area (Å²) < 4.78 is 3.05. The van der Waals surface area contributed by atoms with E-state index in [4.69, 9.17) is 17.3 Å². The molecule has 0 radical (unpaired) electrons. The predicted molar refractivity (Wildman–Crippen MR) is 202 cm³/mol. The van der Waals surface area contributed by atoms with Crippen molar-refractivity contribution in [3.8, 4) is 0 Å². The van der Waals surface area contributed by atoms with Crippen molar-refractivity contribution in [2.75, 3.05) is 10.2 Å². The maximum atomic E-state index is 11.4. The molecule has 0 atom stereocenters. The van der Waals surface area contributed by atoms with Gasteiger partial charge in [0.05, 0.1) is 5.69 Å². The predicted octanol–water partition coefficient (Wildman–Crippen LogP) is 11.0. The van der Waals surface area contributed by atoms with Crippen molar-refractivity contribution in [2.24, 2.45) is 11.8 Å². The molecule has 13 heteroatoms. The number of anilines is 1. The van der Waals surface area contributed by atoms with Crippen LogP contribution in [0.5, 0.6) is 0 Å². The normalized spacial score (nSPS) is 8.78. The minimum atomic E-state index is -0.278. The van der Waals surface area contributed by atoms with Gasteiger partial charge in [-0.1, -0.05) is 71.1 Å². The number of ketones is 1. The molecule has 5 nitrogen and oxygen atoms in total. The first-order valence-corrected chi connectivity index (χ1v) is 27.7. The Kier molecular flexibility index (Phi) is 45.5. The van der Waals surface area contributed by atoms with E-state index in [-0.39, 0.29) is 35.2 Å². The Morgan fingerprint density at radius 1 is 0.946 bits per heavy atom. The van der Waals surface area contributed by atoms with Crippen LogP contribution in [0.1, 0.15) is 54.0 Å². The zero-order chi connectivity index (χ0) is 29.3. The molecule has 0 unspecified atom stereocenters. The van der Waals surface area contributed by atoms with Crippen molar-refractivity contribution >= 4 is 143 Å². The van der Waals surface area contributed by atoms with Crippen LogP contribution < -0.4 is 5.73 Å². The van der Waals surface area contributed by atoms with Crippen LogP contribution in [0.15, 0.2) is 45.9 Å². The Bertz CT molecular complexity index is 805. The number of nitrogens with two attached hydrogens (primary N) is 1. The molecule has 2 N–H and O–H groups in total. The van der Waals surface area contributed by atoms with E-state index >= 15 is 0 Å². The summed E-state index contributed by atoms with van der Waals surface area (Å²) in [6, 6.07) is 3.72. The number of hydrogen-bond donors (Lipinski definition) is 1. The van der Waals surface area contributed by atoms with Gasteiger partial charge in [0.25, 0.3) is 0 Å². The molecule has 2 rings (SSSR count). The van der Waals surface area contributed by atoms with Crippen LogP contribution >= 0.6 is 126 Å². The molecule has 0 fully saturated rings. The molecule has 0 spiro atoms. The molecule has 0 aliphatic carbocycles. The first-order valence-electron chi connectivity index (χ1n) is 10.7. The number of pyridine rings is 2. The first kappa shape index (κ1) is 48.9. The van der Waals surface area contributed by atoms with E-state index in [0.717, 1.165) is 14.5 Å². The number of carbonyl (C=O) groups excluding carboxylic acids is 2. The Balaban J connectivity index is -0.000000123. The fourth-order valence-electron chi connectivity index (χ4n) is 1.39. The molecule has 216 valence electrons. The zero-order valence-corrected chi connectivity index (χ0v) is 36.4. The standard InChI is InChI=1S/C10H12BrNO.C5H5BrN2.C4H7ClO.C2H5I.C2H6.CH3.3HI.V/c1-7(2)10(13)4-8-3-9(11)6-12-5-8;6-4-1-5(7)3-8-2-4;1-3(2)4(5)6;1-2-3;1-2;;;;;/h3,5-7H,4H2,1-2H3;1-3H,7H2;3H,1-2H3;2H2,1H3;1-2H3;1H3;3*1H;/q;;;;;-1;;;;+3/p-3. The Labute approximate surface area is 298 Å². The average molecular weight is 1150 g/mol. The van der Waals surface area contributed by atoms with Gasteiger partial charge in [0, 0.05) is 52.0 Å². The van der Waals surface area contributed by atoms with E-state index in [0.29, 0.717) is 12.1 Å². The van der Waals surface area contributed by atoms with E-state index in [1.165, 1.54) is 4.43 Å². The molecule has 0 saturated carbocycles.